The molecule has 1 N–H and O–H groups in total. The summed E-state index contributed by atoms with van der Waals surface area (Å²) in [5, 5.41) is 12.6. The van der Waals surface area contributed by atoms with Gasteiger partial charge in [0.15, 0.2) is 6.29 Å². The van der Waals surface area contributed by atoms with Crippen molar-refractivity contribution in [3.05, 3.63) is 29.3 Å². The van der Waals surface area contributed by atoms with Crippen molar-refractivity contribution < 1.29 is 43.0 Å². The van der Waals surface area contributed by atoms with Crippen molar-refractivity contribution in [2.24, 2.45) is 0 Å². The summed E-state index contributed by atoms with van der Waals surface area (Å²) in [6.45, 7) is 11.9. The SMILES string of the molecule is CCCCOCC1OC(O)(c2ccc(OC)c(C3OCCO3)c2)C(OCCCC)C(OCCCC)C1OCCCC. The maximum absolute atomic E-state index is 12.6. The molecule has 0 amide bonds. The average molecular weight is 583 g/mol. The molecule has 1 aromatic carbocycles. The van der Waals surface area contributed by atoms with Gasteiger partial charge in [-0.15, -0.1) is 0 Å². The van der Waals surface area contributed by atoms with Crippen molar-refractivity contribution in [3.8, 4) is 5.75 Å². The van der Waals surface area contributed by atoms with Crippen LogP contribution in [0.5, 0.6) is 5.75 Å². The molecule has 41 heavy (non-hydrogen) atoms. The van der Waals surface area contributed by atoms with Crippen LogP contribution in [0.15, 0.2) is 18.2 Å². The summed E-state index contributed by atoms with van der Waals surface area (Å²) < 4.78 is 49.4. The molecule has 9 heteroatoms. The molecule has 5 atom stereocenters. The Morgan fingerprint density at radius 3 is 2.00 bits per heavy atom. The van der Waals surface area contributed by atoms with Crippen LogP contribution in [-0.4, -0.2) is 82.9 Å². The molecule has 2 fully saturated rings. The van der Waals surface area contributed by atoms with Crippen molar-refractivity contribution in [1.29, 1.82) is 0 Å². The number of hydrogen-bond donors (Lipinski definition) is 1. The van der Waals surface area contributed by atoms with Gasteiger partial charge in [-0.2, -0.15) is 0 Å². The van der Waals surface area contributed by atoms with Gasteiger partial charge in [-0.05, 0) is 43.9 Å². The van der Waals surface area contributed by atoms with Crippen molar-refractivity contribution in [1.82, 2.24) is 0 Å². The zero-order chi connectivity index (χ0) is 29.5. The molecule has 5 unspecified atom stereocenters. The van der Waals surface area contributed by atoms with E-state index in [0.717, 1.165) is 51.4 Å². The van der Waals surface area contributed by atoms with Gasteiger partial charge in [-0.1, -0.05) is 53.4 Å². The van der Waals surface area contributed by atoms with Crippen molar-refractivity contribution in [2.75, 3.05) is 53.4 Å². The van der Waals surface area contributed by atoms with E-state index in [2.05, 4.69) is 27.7 Å². The molecular formula is C32H54O9. The van der Waals surface area contributed by atoms with Crippen molar-refractivity contribution in [3.63, 3.8) is 0 Å². The molecule has 236 valence electrons. The number of benzene rings is 1. The molecule has 2 saturated heterocycles. The highest BCUT2D eigenvalue weighted by molar-refractivity contribution is 5.41. The Bertz CT molecular complexity index is 846. The normalized spacial score (nSPS) is 27.0. The molecule has 0 bridgehead atoms. The summed E-state index contributed by atoms with van der Waals surface area (Å²) in [4.78, 5) is 0. The lowest BCUT2D eigenvalue weighted by Crippen LogP contribution is -2.66. The molecule has 0 aromatic heterocycles. The van der Waals surface area contributed by atoms with Crippen LogP contribution in [-0.2, 0) is 38.9 Å². The number of rotatable bonds is 20. The number of unbranched alkanes of at least 4 members (excludes halogenated alkanes) is 4. The van der Waals surface area contributed by atoms with E-state index in [4.69, 9.17) is 37.9 Å². The second kappa shape index (κ2) is 18.4. The van der Waals surface area contributed by atoms with E-state index in [1.807, 2.05) is 18.2 Å². The Labute approximate surface area is 247 Å². The topological polar surface area (TPSA) is 94.1 Å². The molecular weight excluding hydrogens is 528 g/mol. The van der Waals surface area contributed by atoms with Crippen molar-refractivity contribution >= 4 is 0 Å². The van der Waals surface area contributed by atoms with E-state index in [1.165, 1.54) is 0 Å². The fourth-order valence-electron chi connectivity index (χ4n) is 5.13. The largest absolute Gasteiger partial charge is 0.496 e. The zero-order valence-electron chi connectivity index (χ0n) is 25.9. The first kappa shape index (κ1) is 34.2. The number of methoxy groups -OCH3 is 1. The van der Waals surface area contributed by atoms with E-state index in [9.17, 15) is 5.11 Å². The van der Waals surface area contributed by atoms with Crippen LogP contribution >= 0.6 is 0 Å². The van der Waals surface area contributed by atoms with Gasteiger partial charge in [0.25, 0.3) is 0 Å². The zero-order valence-corrected chi connectivity index (χ0v) is 25.9. The minimum atomic E-state index is -1.84. The van der Waals surface area contributed by atoms with Crippen LogP contribution in [0.25, 0.3) is 0 Å². The third-order valence-corrected chi connectivity index (χ3v) is 7.56. The van der Waals surface area contributed by atoms with E-state index < -0.39 is 36.5 Å². The monoisotopic (exact) mass is 582 g/mol. The summed E-state index contributed by atoms with van der Waals surface area (Å²) in [5.74, 6) is -1.23. The summed E-state index contributed by atoms with van der Waals surface area (Å²) >= 11 is 0. The van der Waals surface area contributed by atoms with Gasteiger partial charge in [0.1, 0.15) is 30.2 Å². The predicted molar refractivity (Wildman–Crippen MR) is 156 cm³/mol. The lowest BCUT2D eigenvalue weighted by Gasteiger charge is -2.50. The van der Waals surface area contributed by atoms with E-state index in [0.29, 0.717) is 56.5 Å². The molecule has 2 aliphatic heterocycles. The minimum Gasteiger partial charge on any atom is -0.496 e. The molecule has 3 rings (SSSR count). The predicted octanol–water partition coefficient (Wildman–Crippen LogP) is 5.66. The smallest absolute Gasteiger partial charge is 0.222 e. The molecule has 0 aliphatic carbocycles. The minimum absolute atomic E-state index is 0.270. The maximum atomic E-state index is 12.6. The van der Waals surface area contributed by atoms with Gasteiger partial charge in [-0.25, -0.2) is 0 Å². The highest BCUT2D eigenvalue weighted by Gasteiger charge is 2.57. The van der Waals surface area contributed by atoms with Crippen LogP contribution in [0.1, 0.15) is 96.5 Å². The molecule has 1 aromatic rings. The van der Waals surface area contributed by atoms with E-state index >= 15 is 0 Å². The Kier molecular flexibility index (Phi) is 15.3. The number of ether oxygens (including phenoxy) is 8. The molecule has 2 heterocycles. The standard InChI is InChI=1S/C32H54O9/c1-6-10-16-35-23-27-28(36-17-11-7-2)29(37-18-12-8-3)30(38-19-13-9-4)32(33,41-27)24-14-15-26(34-5)25(22-24)31-39-20-21-40-31/h14-15,22,27-31,33H,6-13,16-21,23H2,1-5H3. The van der Waals surface area contributed by atoms with Crippen LogP contribution < -0.4 is 4.74 Å². The average Bonchev–Trinajstić information content (AvgIpc) is 3.53. The Morgan fingerprint density at radius 1 is 0.805 bits per heavy atom. The summed E-state index contributed by atoms with van der Waals surface area (Å²) in [7, 11) is 1.61. The van der Waals surface area contributed by atoms with Gasteiger partial charge in [0, 0.05) is 32.0 Å². The molecule has 9 nitrogen and oxygen atoms in total. The second-order valence-corrected chi connectivity index (χ2v) is 10.8. The van der Waals surface area contributed by atoms with Gasteiger partial charge in [-0.3, -0.25) is 0 Å². The van der Waals surface area contributed by atoms with Crippen LogP contribution in [0, 0.1) is 0 Å². The first-order chi connectivity index (χ1) is 20.0. The molecule has 0 saturated carbocycles. The molecule has 0 radical (unpaired) electrons. The third kappa shape index (κ3) is 9.34. The summed E-state index contributed by atoms with van der Waals surface area (Å²) in [5.41, 5.74) is 1.20. The lowest BCUT2D eigenvalue weighted by molar-refractivity contribution is -0.375. The third-order valence-electron chi connectivity index (χ3n) is 7.56. The maximum Gasteiger partial charge on any atom is 0.222 e. The summed E-state index contributed by atoms with van der Waals surface area (Å²) in [6, 6.07) is 5.45. The summed E-state index contributed by atoms with van der Waals surface area (Å²) in [6.07, 6.45) is 4.54. The van der Waals surface area contributed by atoms with Crippen LogP contribution in [0.2, 0.25) is 0 Å². The Balaban J connectivity index is 2.05. The lowest BCUT2D eigenvalue weighted by atomic mass is 9.86. The van der Waals surface area contributed by atoms with E-state index in [1.54, 1.807) is 7.11 Å². The molecule has 0 spiro atoms. The van der Waals surface area contributed by atoms with Gasteiger partial charge < -0.3 is 43.0 Å². The Morgan fingerprint density at radius 2 is 1.39 bits per heavy atom. The molecule has 2 aliphatic rings. The highest BCUT2D eigenvalue weighted by atomic mass is 16.7. The fraction of sp³-hybridized carbons (Fsp3) is 0.812. The second-order valence-electron chi connectivity index (χ2n) is 10.8. The van der Waals surface area contributed by atoms with Crippen LogP contribution in [0.4, 0.5) is 0 Å². The Hall–Kier alpha value is -1.30. The fourth-order valence-corrected chi connectivity index (χ4v) is 5.13. The highest BCUT2D eigenvalue weighted by Crippen LogP contribution is 2.43. The first-order valence-corrected chi connectivity index (χ1v) is 15.8. The van der Waals surface area contributed by atoms with Gasteiger partial charge in [0.2, 0.25) is 5.79 Å². The number of hydrogen-bond acceptors (Lipinski definition) is 9. The first-order valence-electron chi connectivity index (χ1n) is 15.8. The van der Waals surface area contributed by atoms with E-state index in [-0.39, 0.29) is 6.61 Å². The van der Waals surface area contributed by atoms with Crippen LogP contribution in [0.3, 0.4) is 0 Å². The van der Waals surface area contributed by atoms with Gasteiger partial charge >= 0.3 is 0 Å². The number of aliphatic hydroxyl groups is 1. The quantitative estimate of drug-likeness (QED) is 0.196. The van der Waals surface area contributed by atoms with Gasteiger partial charge in [0.05, 0.1) is 32.5 Å². The van der Waals surface area contributed by atoms with Crippen molar-refractivity contribution in [2.45, 2.75) is 116 Å².